The number of nitrogens with one attached hydrogen (secondary N) is 2. The Morgan fingerprint density at radius 1 is 1.44 bits per heavy atom. The maximum Gasteiger partial charge on any atom is 0.138 e. The standard InChI is InChI=1S/C13H17FN2O2/c1-8(2)18-13-4-3-9(14)5-11(13)12-6-10(7-17)15-16-12/h3-5,7-8,10,12,15-16H,6H2,1-2H3. The Labute approximate surface area is 105 Å². The van der Waals surface area contributed by atoms with E-state index < -0.39 is 0 Å². The lowest BCUT2D eigenvalue weighted by atomic mass is 10.0. The highest BCUT2D eigenvalue weighted by molar-refractivity contribution is 5.58. The summed E-state index contributed by atoms with van der Waals surface area (Å²) < 4.78 is 19.0. The molecule has 5 heteroatoms. The summed E-state index contributed by atoms with van der Waals surface area (Å²) in [4.78, 5) is 10.7. The van der Waals surface area contributed by atoms with Gasteiger partial charge >= 0.3 is 0 Å². The van der Waals surface area contributed by atoms with Crippen LogP contribution < -0.4 is 15.6 Å². The lowest BCUT2D eigenvalue weighted by Gasteiger charge is -2.18. The van der Waals surface area contributed by atoms with Crippen molar-refractivity contribution in [1.82, 2.24) is 10.9 Å². The third kappa shape index (κ3) is 2.86. The van der Waals surface area contributed by atoms with Crippen LogP contribution in [0.4, 0.5) is 4.39 Å². The van der Waals surface area contributed by atoms with Crippen LogP contribution in [0.15, 0.2) is 18.2 Å². The van der Waals surface area contributed by atoms with Crippen molar-refractivity contribution in [3.63, 3.8) is 0 Å². The highest BCUT2D eigenvalue weighted by atomic mass is 19.1. The molecular formula is C13H17FN2O2. The number of halogens is 1. The summed E-state index contributed by atoms with van der Waals surface area (Å²) in [6.07, 6.45) is 1.45. The van der Waals surface area contributed by atoms with Crippen LogP contribution in [0, 0.1) is 5.82 Å². The van der Waals surface area contributed by atoms with Crippen molar-refractivity contribution in [2.75, 3.05) is 0 Å². The van der Waals surface area contributed by atoms with Gasteiger partial charge in [0.2, 0.25) is 0 Å². The van der Waals surface area contributed by atoms with Gasteiger partial charge in [0.1, 0.15) is 17.9 Å². The number of rotatable bonds is 4. The van der Waals surface area contributed by atoms with Crippen molar-refractivity contribution in [3.05, 3.63) is 29.6 Å². The largest absolute Gasteiger partial charge is 0.491 e. The van der Waals surface area contributed by atoms with Gasteiger partial charge in [-0.2, -0.15) is 0 Å². The van der Waals surface area contributed by atoms with Crippen LogP contribution in [0.2, 0.25) is 0 Å². The number of ether oxygens (including phenoxy) is 1. The summed E-state index contributed by atoms with van der Waals surface area (Å²) >= 11 is 0. The van der Waals surface area contributed by atoms with Crippen molar-refractivity contribution in [1.29, 1.82) is 0 Å². The van der Waals surface area contributed by atoms with E-state index in [1.165, 1.54) is 12.1 Å². The number of carbonyl (C=O) groups is 1. The van der Waals surface area contributed by atoms with Crippen LogP contribution in [0.1, 0.15) is 31.9 Å². The number of aldehydes is 1. The summed E-state index contributed by atoms with van der Waals surface area (Å²) in [6.45, 7) is 3.84. The van der Waals surface area contributed by atoms with E-state index in [1.807, 2.05) is 13.8 Å². The predicted octanol–water partition coefficient (Wildman–Crippen LogP) is 1.72. The van der Waals surface area contributed by atoms with E-state index in [4.69, 9.17) is 4.74 Å². The Morgan fingerprint density at radius 3 is 2.83 bits per heavy atom. The van der Waals surface area contributed by atoms with Gasteiger partial charge in [0.15, 0.2) is 0 Å². The van der Waals surface area contributed by atoms with Gasteiger partial charge < -0.3 is 9.53 Å². The Balaban J connectivity index is 2.24. The lowest BCUT2D eigenvalue weighted by Crippen LogP contribution is -2.31. The average Bonchev–Trinajstić information content (AvgIpc) is 2.79. The summed E-state index contributed by atoms with van der Waals surface area (Å²) in [6, 6.07) is 4.08. The van der Waals surface area contributed by atoms with Gasteiger partial charge in [0, 0.05) is 5.56 Å². The number of hydrazine groups is 1. The third-order valence-corrected chi connectivity index (χ3v) is 2.81. The highest BCUT2D eigenvalue weighted by Crippen LogP contribution is 2.31. The second-order valence-corrected chi connectivity index (χ2v) is 4.67. The smallest absolute Gasteiger partial charge is 0.138 e. The van der Waals surface area contributed by atoms with Crippen LogP contribution in [0.25, 0.3) is 0 Å². The van der Waals surface area contributed by atoms with E-state index in [0.29, 0.717) is 12.2 Å². The minimum atomic E-state index is -0.308. The molecule has 0 radical (unpaired) electrons. The van der Waals surface area contributed by atoms with Gasteiger partial charge in [0.05, 0.1) is 18.2 Å². The third-order valence-electron chi connectivity index (χ3n) is 2.81. The Hall–Kier alpha value is -1.46. The van der Waals surface area contributed by atoms with Crippen molar-refractivity contribution in [2.24, 2.45) is 0 Å². The number of benzene rings is 1. The zero-order chi connectivity index (χ0) is 13.1. The normalized spacial score (nSPS) is 23.3. The molecule has 1 heterocycles. The van der Waals surface area contributed by atoms with Crippen LogP contribution in [-0.4, -0.2) is 18.4 Å². The van der Waals surface area contributed by atoms with E-state index in [1.54, 1.807) is 6.07 Å². The Kier molecular flexibility index (Phi) is 3.93. The molecule has 1 fully saturated rings. The molecular weight excluding hydrogens is 235 g/mol. The quantitative estimate of drug-likeness (QED) is 0.801. The monoisotopic (exact) mass is 252 g/mol. The molecule has 0 saturated carbocycles. The minimum Gasteiger partial charge on any atom is -0.491 e. The SMILES string of the molecule is CC(C)Oc1ccc(F)cc1C1CC(C=O)NN1. The van der Waals surface area contributed by atoms with Gasteiger partial charge in [-0.15, -0.1) is 0 Å². The summed E-state index contributed by atoms with van der Waals surface area (Å²) in [7, 11) is 0. The first-order valence-electron chi connectivity index (χ1n) is 6.02. The van der Waals surface area contributed by atoms with Crippen LogP contribution in [0.3, 0.4) is 0 Å². The van der Waals surface area contributed by atoms with Gasteiger partial charge in [-0.1, -0.05) is 0 Å². The first kappa shape index (κ1) is 13.0. The number of carbonyl (C=O) groups excluding carboxylic acids is 1. The molecule has 98 valence electrons. The topological polar surface area (TPSA) is 50.4 Å². The molecule has 18 heavy (non-hydrogen) atoms. The molecule has 2 N–H and O–H groups in total. The second kappa shape index (κ2) is 5.46. The molecule has 0 spiro atoms. The van der Waals surface area contributed by atoms with Crippen molar-refractivity contribution in [2.45, 2.75) is 38.5 Å². The first-order valence-corrected chi connectivity index (χ1v) is 6.02. The Morgan fingerprint density at radius 2 is 2.22 bits per heavy atom. The van der Waals surface area contributed by atoms with E-state index in [0.717, 1.165) is 11.8 Å². The van der Waals surface area contributed by atoms with Gasteiger partial charge in [0.25, 0.3) is 0 Å². The van der Waals surface area contributed by atoms with Crippen molar-refractivity contribution >= 4 is 6.29 Å². The number of hydrogen-bond donors (Lipinski definition) is 2. The van der Waals surface area contributed by atoms with Gasteiger partial charge in [-0.25, -0.2) is 15.2 Å². The second-order valence-electron chi connectivity index (χ2n) is 4.67. The molecule has 0 amide bonds. The molecule has 1 aromatic carbocycles. The van der Waals surface area contributed by atoms with Gasteiger partial charge in [-0.05, 0) is 38.5 Å². The van der Waals surface area contributed by atoms with Crippen LogP contribution in [0.5, 0.6) is 5.75 Å². The molecule has 0 aromatic heterocycles. The molecule has 4 nitrogen and oxygen atoms in total. The molecule has 2 rings (SSSR count). The van der Waals surface area contributed by atoms with E-state index in [2.05, 4.69) is 10.9 Å². The molecule has 0 bridgehead atoms. The van der Waals surface area contributed by atoms with Crippen molar-refractivity contribution < 1.29 is 13.9 Å². The molecule has 1 aromatic rings. The van der Waals surface area contributed by atoms with Crippen LogP contribution >= 0.6 is 0 Å². The lowest BCUT2D eigenvalue weighted by molar-refractivity contribution is -0.109. The average molecular weight is 252 g/mol. The summed E-state index contributed by atoms with van der Waals surface area (Å²) in [5.41, 5.74) is 6.58. The molecule has 2 unspecified atom stereocenters. The number of hydrogen-bond acceptors (Lipinski definition) is 4. The van der Waals surface area contributed by atoms with Crippen LogP contribution in [-0.2, 0) is 4.79 Å². The van der Waals surface area contributed by atoms with Gasteiger partial charge in [-0.3, -0.25) is 0 Å². The molecule has 1 aliphatic rings. The summed E-state index contributed by atoms with van der Waals surface area (Å²) in [5.74, 6) is 0.342. The van der Waals surface area contributed by atoms with E-state index in [-0.39, 0.29) is 24.0 Å². The highest BCUT2D eigenvalue weighted by Gasteiger charge is 2.27. The molecule has 1 saturated heterocycles. The minimum absolute atomic E-state index is 0.0189. The fourth-order valence-electron chi connectivity index (χ4n) is 2.03. The van der Waals surface area contributed by atoms with Crippen molar-refractivity contribution in [3.8, 4) is 5.75 Å². The maximum absolute atomic E-state index is 13.3. The molecule has 0 aliphatic carbocycles. The predicted molar refractivity (Wildman–Crippen MR) is 65.6 cm³/mol. The molecule has 2 atom stereocenters. The Bertz CT molecular complexity index is 437. The zero-order valence-corrected chi connectivity index (χ0v) is 10.4. The fraction of sp³-hybridized carbons (Fsp3) is 0.462. The first-order chi connectivity index (χ1) is 8.60. The van der Waals surface area contributed by atoms with E-state index >= 15 is 0 Å². The molecule has 1 aliphatic heterocycles. The zero-order valence-electron chi connectivity index (χ0n) is 10.4. The summed E-state index contributed by atoms with van der Waals surface area (Å²) in [5, 5.41) is 0. The fourth-order valence-corrected chi connectivity index (χ4v) is 2.03. The van der Waals surface area contributed by atoms with E-state index in [9.17, 15) is 9.18 Å². The maximum atomic E-state index is 13.3.